The van der Waals surface area contributed by atoms with Crippen molar-refractivity contribution in [1.82, 2.24) is 26.2 Å². The fourth-order valence-corrected chi connectivity index (χ4v) is 7.74. The molecule has 0 spiro atoms. The summed E-state index contributed by atoms with van der Waals surface area (Å²) in [6, 6.07) is 18.5. The number of aryl methyl sites for hydroxylation is 1. The van der Waals surface area contributed by atoms with Crippen LogP contribution in [0.1, 0.15) is 81.8 Å². The maximum absolute atomic E-state index is 14.4. The van der Waals surface area contributed by atoms with Crippen LogP contribution in [0, 0.1) is 11.8 Å². The van der Waals surface area contributed by atoms with Crippen molar-refractivity contribution in [1.29, 1.82) is 0 Å². The van der Waals surface area contributed by atoms with E-state index in [1.54, 1.807) is 30.3 Å². The zero-order valence-corrected chi connectivity index (χ0v) is 38.9. The molecule has 14 nitrogen and oxygen atoms in total. The van der Waals surface area contributed by atoms with Gasteiger partial charge in [-0.1, -0.05) is 118 Å². The first-order chi connectivity index (χ1) is 30.4. The van der Waals surface area contributed by atoms with E-state index in [1.807, 2.05) is 69.0 Å². The van der Waals surface area contributed by atoms with E-state index in [4.69, 9.17) is 32.7 Å². The number of ether oxygens (including phenoxy) is 2. The quantitative estimate of drug-likeness (QED) is 0.0756. The van der Waals surface area contributed by atoms with Crippen LogP contribution in [0.25, 0.3) is 0 Å². The third-order valence-electron chi connectivity index (χ3n) is 10.8. The Bertz CT molecular complexity index is 1990. The molecular formula is C48H63Cl2N5O9. The van der Waals surface area contributed by atoms with Gasteiger partial charge in [-0.25, -0.2) is 4.79 Å². The average Bonchev–Trinajstić information content (AvgIpc) is 3.25. The number of amides is 4. The van der Waals surface area contributed by atoms with Gasteiger partial charge < -0.3 is 35.8 Å². The van der Waals surface area contributed by atoms with Crippen LogP contribution < -0.4 is 21.3 Å². The Hall–Kier alpha value is -4.86. The summed E-state index contributed by atoms with van der Waals surface area (Å²) < 4.78 is 10.7. The second-order valence-electron chi connectivity index (χ2n) is 17.3. The number of Topliss-reactive ketones (excluding diaryl/α,β-unsaturated/α-hetero) is 1. The molecular weight excluding hydrogens is 861 g/mol. The highest BCUT2D eigenvalue weighted by atomic mass is 35.5. The second-order valence-corrected chi connectivity index (χ2v) is 18.1. The van der Waals surface area contributed by atoms with Crippen molar-refractivity contribution in [2.75, 3.05) is 39.5 Å². The van der Waals surface area contributed by atoms with Gasteiger partial charge in [-0.05, 0) is 74.1 Å². The Morgan fingerprint density at radius 2 is 1.22 bits per heavy atom. The molecule has 348 valence electrons. The largest absolute Gasteiger partial charge is 0.458 e. The summed E-state index contributed by atoms with van der Waals surface area (Å²) in [5.74, 6) is -3.96. The minimum absolute atomic E-state index is 0.0236. The van der Waals surface area contributed by atoms with Crippen molar-refractivity contribution in [3.8, 4) is 0 Å². The molecule has 1 fully saturated rings. The van der Waals surface area contributed by atoms with E-state index in [9.17, 15) is 33.9 Å². The fraction of sp³-hybridized carbons (Fsp3) is 0.500. The number of nitrogens with zero attached hydrogens (tertiary/aromatic N) is 1. The van der Waals surface area contributed by atoms with E-state index in [-0.39, 0.29) is 65.6 Å². The van der Waals surface area contributed by atoms with Gasteiger partial charge in [0.25, 0.3) is 0 Å². The third kappa shape index (κ3) is 16.9. The Kier molecular flexibility index (Phi) is 20.7. The summed E-state index contributed by atoms with van der Waals surface area (Å²) in [6.45, 7) is 10.4. The number of benzene rings is 3. The monoisotopic (exact) mass is 923 g/mol. The van der Waals surface area contributed by atoms with Gasteiger partial charge in [0, 0.05) is 19.5 Å². The minimum atomic E-state index is -2.25. The van der Waals surface area contributed by atoms with Crippen LogP contribution in [0.4, 0.5) is 0 Å². The summed E-state index contributed by atoms with van der Waals surface area (Å²) in [5, 5.41) is 22.9. The highest BCUT2D eigenvalue weighted by molar-refractivity contribution is 6.39. The summed E-state index contributed by atoms with van der Waals surface area (Å²) in [7, 11) is 0. The number of rotatable bonds is 24. The number of nitrogens with one attached hydrogen (secondary N) is 4. The first-order valence-electron chi connectivity index (χ1n) is 21.9. The summed E-state index contributed by atoms with van der Waals surface area (Å²) >= 11 is 12.3. The molecule has 4 amide bonds. The van der Waals surface area contributed by atoms with Gasteiger partial charge >= 0.3 is 5.97 Å². The van der Waals surface area contributed by atoms with Crippen molar-refractivity contribution < 1.29 is 43.3 Å². The lowest BCUT2D eigenvalue weighted by Gasteiger charge is -2.30. The number of carbonyl (C=O) groups excluding carboxylic acids is 6. The topological polar surface area (TPSA) is 192 Å². The summed E-state index contributed by atoms with van der Waals surface area (Å²) in [6.07, 6.45) is 1.67. The van der Waals surface area contributed by atoms with Gasteiger partial charge in [0.1, 0.15) is 24.7 Å². The van der Waals surface area contributed by atoms with Crippen molar-refractivity contribution >= 4 is 58.6 Å². The highest BCUT2D eigenvalue weighted by Gasteiger charge is 2.40. The normalized spacial score (nSPS) is 15.8. The highest BCUT2D eigenvalue weighted by Crippen LogP contribution is 2.26. The van der Waals surface area contributed by atoms with Gasteiger partial charge in [0.05, 0.1) is 41.4 Å². The lowest BCUT2D eigenvalue weighted by atomic mass is 9.90. The predicted octanol–water partition coefficient (Wildman–Crippen LogP) is 5.10. The van der Waals surface area contributed by atoms with E-state index < -0.39 is 65.8 Å². The van der Waals surface area contributed by atoms with Gasteiger partial charge in [-0.3, -0.25) is 28.9 Å². The maximum Gasteiger partial charge on any atom is 0.341 e. The SMILES string of the molecule is CC(C)CC[C@H](NC(=O)[C@H](CCc1ccccc1)NC(=O)CN1CCOCC1)C(=O)N[C@@H](Cc1ccccc1)C(=O)NC(CC(C)C)C(=O)C(C)(O)COC(=O)c1c(Cl)cccc1Cl. The Balaban J connectivity index is 1.55. The maximum atomic E-state index is 14.4. The Morgan fingerprint density at radius 1 is 0.688 bits per heavy atom. The zero-order valence-electron chi connectivity index (χ0n) is 37.4. The molecule has 0 aliphatic carbocycles. The molecule has 0 saturated carbocycles. The van der Waals surface area contributed by atoms with E-state index in [0.717, 1.165) is 5.56 Å². The Morgan fingerprint density at radius 3 is 1.80 bits per heavy atom. The number of morpholine rings is 1. The molecule has 5 atom stereocenters. The number of hydrogen-bond donors (Lipinski definition) is 5. The molecule has 1 saturated heterocycles. The molecule has 5 N–H and O–H groups in total. The van der Waals surface area contributed by atoms with Crippen molar-refractivity contribution in [2.45, 2.75) is 103 Å². The fourth-order valence-electron chi connectivity index (χ4n) is 7.19. The minimum Gasteiger partial charge on any atom is -0.458 e. The molecule has 0 bridgehead atoms. The first kappa shape index (κ1) is 51.8. The van der Waals surface area contributed by atoms with Crippen LogP contribution in [0.3, 0.4) is 0 Å². The standard InChI is InChI=1S/C48H63Cl2N5O9/c1-31(2)19-21-38(52-44(58)37(22-20-33-13-8-6-9-14-33)51-41(56)29-55-23-25-63-26-24-55)45(59)54-40(28-34-15-10-7-11-16-34)46(60)53-39(27-32(3)4)43(57)48(5,62)30-64-47(61)42-35(49)17-12-18-36(42)50/h6-18,31-32,37-40,62H,19-30H2,1-5H3,(H,51,56)(H,52,58)(H,53,60)(H,54,59)/t37-,38-,39?,40-,48?/m0/s1. The third-order valence-corrected chi connectivity index (χ3v) is 11.4. The van der Waals surface area contributed by atoms with Crippen LogP contribution in [-0.4, -0.2) is 115 Å². The van der Waals surface area contributed by atoms with Gasteiger partial charge in [-0.2, -0.15) is 0 Å². The average molecular weight is 925 g/mol. The van der Waals surface area contributed by atoms with E-state index in [1.165, 1.54) is 19.1 Å². The van der Waals surface area contributed by atoms with E-state index in [2.05, 4.69) is 21.3 Å². The molecule has 0 radical (unpaired) electrons. The number of carbonyl (C=O) groups is 6. The number of ketones is 1. The van der Waals surface area contributed by atoms with Crippen LogP contribution in [0.15, 0.2) is 78.9 Å². The lowest BCUT2D eigenvalue weighted by Crippen LogP contribution is -2.60. The summed E-state index contributed by atoms with van der Waals surface area (Å²) in [5.41, 5.74) is -0.696. The molecule has 1 heterocycles. The van der Waals surface area contributed by atoms with Crippen LogP contribution in [-0.2, 0) is 46.3 Å². The molecule has 64 heavy (non-hydrogen) atoms. The zero-order chi connectivity index (χ0) is 46.8. The van der Waals surface area contributed by atoms with Crippen molar-refractivity contribution in [3.63, 3.8) is 0 Å². The molecule has 1 aliphatic rings. The van der Waals surface area contributed by atoms with Crippen LogP contribution in [0.5, 0.6) is 0 Å². The summed E-state index contributed by atoms with van der Waals surface area (Å²) in [4.78, 5) is 85.1. The van der Waals surface area contributed by atoms with Gasteiger partial charge in [0.2, 0.25) is 23.6 Å². The molecule has 4 rings (SSSR count). The van der Waals surface area contributed by atoms with Crippen LogP contribution >= 0.6 is 23.2 Å². The second kappa shape index (κ2) is 25.6. The first-order valence-corrected chi connectivity index (χ1v) is 22.6. The van der Waals surface area contributed by atoms with Crippen molar-refractivity contribution in [2.24, 2.45) is 11.8 Å². The van der Waals surface area contributed by atoms with E-state index >= 15 is 0 Å². The molecule has 16 heteroatoms. The molecule has 3 aromatic carbocycles. The van der Waals surface area contributed by atoms with Crippen molar-refractivity contribution in [3.05, 3.63) is 106 Å². The van der Waals surface area contributed by atoms with Gasteiger partial charge in [-0.15, -0.1) is 0 Å². The van der Waals surface area contributed by atoms with Gasteiger partial charge in [0.15, 0.2) is 11.4 Å². The molecule has 3 aromatic rings. The number of halogens is 2. The number of hydrogen-bond acceptors (Lipinski definition) is 10. The predicted molar refractivity (Wildman–Crippen MR) is 246 cm³/mol. The molecule has 0 aromatic heterocycles. The smallest absolute Gasteiger partial charge is 0.341 e. The Labute approximate surface area is 386 Å². The molecule has 2 unspecified atom stereocenters. The number of esters is 1. The lowest BCUT2D eigenvalue weighted by molar-refractivity contribution is -0.144. The van der Waals surface area contributed by atoms with E-state index in [0.29, 0.717) is 44.7 Å². The van der Waals surface area contributed by atoms with Crippen LogP contribution in [0.2, 0.25) is 10.0 Å². The molecule has 1 aliphatic heterocycles. The number of aliphatic hydroxyl groups is 1.